The van der Waals surface area contributed by atoms with E-state index in [0.29, 0.717) is 12.0 Å². The van der Waals surface area contributed by atoms with Crippen LogP contribution in [-0.4, -0.2) is 47.9 Å². The monoisotopic (exact) mass is 332 g/mol. The van der Waals surface area contributed by atoms with E-state index in [4.69, 9.17) is 11.6 Å². The minimum Gasteiger partial charge on any atom is -0.333 e. The van der Waals surface area contributed by atoms with Gasteiger partial charge in [0.25, 0.3) is 5.91 Å². The Morgan fingerprint density at radius 1 is 1.27 bits per heavy atom. The molecule has 0 N–H and O–H groups in total. The van der Waals surface area contributed by atoms with E-state index in [9.17, 15) is 4.79 Å². The van der Waals surface area contributed by atoms with Crippen molar-refractivity contribution in [2.45, 2.75) is 12.5 Å². The second-order valence-electron chi connectivity index (χ2n) is 6.77. The average molecular weight is 333 g/mol. The van der Waals surface area contributed by atoms with Crippen molar-refractivity contribution < 1.29 is 4.79 Å². The summed E-state index contributed by atoms with van der Waals surface area (Å²) < 4.78 is 1.03. The van der Waals surface area contributed by atoms with E-state index < -0.39 is 0 Å². The van der Waals surface area contributed by atoms with Gasteiger partial charge in [0, 0.05) is 25.7 Å². The first-order valence-electron chi connectivity index (χ1n) is 7.92. The molecule has 22 heavy (non-hydrogen) atoms. The van der Waals surface area contributed by atoms with Crippen molar-refractivity contribution >= 4 is 38.9 Å². The minimum atomic E-state index is 0.207. The first-order valence-corrected chi connectivity index (χ1v) is 9.11. The molecule has 4 atom stereocenters. The summed E-state index contributed by atoms with van der Waals surface area (Å²) in [6.07, 6.45) is 1.26. The number of likely N-dealkylation sites (tertiary alicyclic amines) is 1. The predicted octanol–water partition coefficient (Wildman–Crippen LogP) is 3.33. The van der Waals surface area contributed by atoms with Crippen molar-refractivity contribution in [1.82, 2.24) is 9.80 Å². The third-order valence-electron chi connectivity index (χ3n) is 5.62. The molecule has 114 valence electrons. The number of amides is 1. The van der Waals surface area contributed by atoms with E-state index in [1.165, 1.54) is 30.8 Å². The minimum absolute atomic E-state index is 0.207. The summed E-state index contributed by atoms with van der Waals surface area (Å²) in [4.78, 5) is 18.5. The van der Waals surface area contributed by atoms with Gasteiger partial charge in [-0.25, -0.2) is 0 Å². The third kappa shape index (κ3) is 1.81. The van der Waals surface area contributed by atoms with Crippen LogP contribution in [0, 0.1) is 11.8 Å². The van der Waals surface area contributed by atoms with E-state index in [1.807, 2.05) is 24.3 Å². The van der Waals surface area contributed by atoms with Crippen LogP contribution in [0.2, 0.25) is 5.02 Å². The van der Waals surface area contributed by atoms with Gasteiger partial charge >= 0.3 is 0 Å². The largest absolute Gasteiger partial charge is 0.333 e. The van der Waals surface area contributed by atoms with Crippen molar-refractivity contribution in [3.63, 3.8) is 0 Å². The van der Waals surface area contributed by atoms with Gasteiger partial charge in [0.05, 0.1) is 14.6 Å². The van der Waals surface area contributed by atoms with Gasteiger partial charge in [-0.1, -0.05) is 23.7 Å². The first-order chi connectivity index (χ1) is 10.7. The van der Waals surface area contributed by atoms with Gasteiger partial charge < -0.3 is 9.80 Å². The van der Waals surface area contributed by atoms with E-state index in [1.54, 1.807) is 0 Å². The number of thiophene rings is 1. The van der Waals surface area contributed by atoms with Crippen LogP contribution in [0.1, 0.15) is 16.1 Å². The molecule has 5 heterocycles. The van der Waals surface area contributed by atoms with Gasteiger partial charge in [-0.2, -0.15) is 0 Å². The normalized spacial score (nSPS) is 32.9. The Morgan fingerprint density at radius 3 is 2.95 bits per heavy atom. The lowest BCUT2D eigenvalue weighted by Crippen LogP contribution is -2.54. The van der Waals surface area contributed by atoms with Crippen LogP contribution in [0.4, 0.5) is 0 Å². The lowest BCUT2D eigenvalue weighted by molar-refractivity contribution is 0.0425. The second-order valence-corrected chi connectivity index (χ2v) is 8.23. The maximum Gasteiger partial charge on any atom is 0.264 e. The number of piperidine rings is 3. The van der Waals surface area contributed by atoms with Crippen molar-refractivity contribution in [3.8, 4) is 0 Å². The molecule has 4 saturated heterocycles. The van der Waals surface area contributed by atoms with E-state index >= 15 is 0 Å². The topological polar surface area (TPSA) is 23.6 Å². The Hall–Kier alpha value is -1.10. The Balaban J connectivity index is 1.50. The van der Waals surface area contributed by atoms with Crippen LogP contribution in [0.15, 0.2) is 24.3 Å². The molecular formula is C17H17ClN2OS. The lowest BCUT2D eigenvalue weighted by atomic mass is 9.80. The SMILES string of the molecule is O=C(c1cc2cccc(Cl)c2s1)N1CC2CN3CCC2C1C3. The molecule has 1 aromatic heterocycles. The molecule has 2 aromatic rings. The van der Waals surface area contributed by atoms with Gasteiger partial charge in [-0.15, -0.1) is 11.3 Å². The third-order valence-corrected chi connectivity index (χ3v) is 7.21. The summed E-state index contributed by atoms with van der Waals surface area (Å²) in [7, 11) is 0. The predicted molar refractivity (Wildman–Crippen MR) is 89.7 cm³/mol. The molecule has 1 amide bonds. The van der Waals surface area contributed by atoms with Crippen LogP contribution >= 0.6 is 22.9 Å². The Labute approximate surface area is 138 Å². The van der Waals surface area contributed by atoms with Gasteiger partial charge in [0.15, 0.2) is 0 Å². The first kappa shape index (κ1) is 13.3. The zero-order chi connectivity index (χ0) is 14.8. The summed E-state index contributed by atoms with van der Waals surface area (Å²) in [6, 6.07) is 8.31. The number of hydrogen-bond acceptors (Lipinski definition) is 3. The van der Waals surface area contributed by atoms with E-state index in [0.717, 1.165) is 39.0 Å². The standard InChI is InChI=1S/C17H17ClN2OS/c18-13-3-1-2-10-6-15(22-16(10)13)17(21)20-8-11-7-19-5-4-12(11)14(20)9-19/h1-3,6,11-12,14H,4-5,7-9H2. The molecular weight excluding hydrogens is 316 g/mol. The Kier molecular flexibility index (Phi) is 2.85. The molecule has 1 aromatic carbocycles. The average Bonchev–Trinajstić information content (AvgIpc) is 3.08. The molecule has 6 rings (SSSR count). The number of hydrogen-bond donors (Lipinski definition) is 0. The molecule has 4 unspecified atom stereocenters. The van der Waals surface area contributed by atoms with Crippen molar-refractivity contribution in [2.24, 2.45) is 11.8 Å². The Bertz CT molecular complexity index is 773. The highest BCUT2D eigenvalue weighted by Gasteiger charge is 2.51. The number of nitrogens with zero attached hydrogens (tertiary/aromatic N) is 2. The molecule has 3 nitrogen and oxygen atoms in total. The molecule has 0 saturated carbocycles. The number of halogens is 1. The van der Waals surface area contributed by atoms with Crippen molar-refractivity contribution in [1.29, 1.82) is 0 Å². The fraction of sp³-hybridized carbons (Fsp3) is 0.471. The smallest absolute Gasteiger partial charge is 0.264 e. The van der Waals surface area contributed by atoms with Gasteiger partial charge in [-0.3, -0.25) is 4.79 Å². The molecule has 4 aliphatic rings. The molecule has 0 spiro atoms. The number of carbonyl (C=O) groups is 1. The van der Waals surface area contributed by atoms with Crippen LogP contribution in [0.5, 0.6) is 0 Å². The van der Waals surface area contributed by atoms with E-state index in [-0.39, 0.29) is 5.91 Å². The number of carbonyl (C=O) groups excluding carboxylic acids is 1. The Morgan fingerprint density at radius 2 is 2.18 bits per heavy atom. The number of benzene rings is 1. The van der Waals surface area contributed by atoms with Crippen LogP contribution in [-0.2, 0) is 0 Å². The molecule has 4 bridgehead atoms. The van der Waals surface area contributed by atoms with Gasteiger partial charge in [-0.05, 0) is 42.3 Å². The van der Waals surface area contributed by atoms with E-state index in [2.05, 4.69) is 9.80 Å². The van der Waals surface area contributed by atoms with Crippen LogP contribution in [0.3, 0.4) is 0 Å². The van der Waals surface area contributed by atoms with Gasteiger partial charge in [0.1, 0.15) is 0 Å². The van der Waals surface area contributed by atoms with Crippen LogP contribution in [0.25, 0.3) is 10.1 Å². The highest BCUT2D eigenvalue weighted by molar-refractivity contribution is 7.21. The fourth-order valence-corrected chi connectivity index (χ4v) is 5.94. The quantitative estimate of drug-likeness (QED) is 0.799. The molecule has 0 aliphatic carbocycles. The molecule has 4 fully saturated rings. The second kappa shape index (κ2) is 4.70. The fourth-order valence-electron chi connectivity index (χ4n) is 4.62. The summed E-state index contributed by atoms with van der Waals surface area (Å²) in [5, 5.41) is 1.82. The lowest BCUT2D eigenvalue weighted by Gasteiger charge is -2.44. The molecule has 0 radical (unpaired) electrons. The van der Waals surface area contributed by atoms with Crippen LogP contribution < -0.4 is 0 Å². The molecule has 5 heteroatoms. The summed E-state index contributed by atoms with van der Waals surface area (Å²) >= 11 is 7.79. The maximum atomic E-state index is 13.0. The highest BCUT2D eigenvalue weighted by Crippen LogP contribution is 2.43. The highest BCUT2D eigenvalue weighted by atomic mass is 35.5. The summed E-state index contributed by atoms with van der Waals surface area (Å²) in [6.45, 7) is 4.41. The number of fused-ring (bicyclic) bond motifs is 2. The summed E-state index contributed by atoms with van der Waals surface area (Å²) in [5.41, 5.74) is 0. The molecule has 4 aliphatic heterocycles. The van der Waals surface area contributed by atoms with Gasteiger partial charge in [0.2, 0.25) is 0 Å². The van der Waals surface area contributed by atoms with Crippen molar-refractivity contribution in [2.75, 3.05) is 26.2 Å². The zero-order valence-corrected chi connectivity index (χ0v) is 13.7. The summed E-state index contributed by atoms with van der Waals surface area (Å²) in [5.74, 6) is 1.62. The maximum absolute atomic E-state index is 13.0. The van der Waals surface area contributed by atoms with Crippen molar-refractivity contribution in [3.05, 3.63) is 34.2 Å². The zero-order valence-electron chi connectivity index (χ0n) is 12.2. The number of rotatable bonds is 1.